The Hall–Kier alpha value is -2.95. The van der Waals surface area contributed by atoms with E-state index in [1.807, 2.05) is 19.9 Å². The van der Waals surface area contributed by atoms with Gasteiger partial charge in [-0.1, -0.05) is 38.1 Å². The molecular formula is C19H19FN2O2. The molecular weight excluding hydrogens is 307 g/mol. The molecule has 0 fully saturated rings. The van der Waals surface area contributed by atoms with Gasteiger partial charge in [-0.25, -0.2) is 4.39 Å². The molecule has 2 N–H and O–H groups in total. The number of amides is 1. The monoisotopic (exact) mass is 326 g/mol. The van der Waals surface area contributed by atoms with E-state index in [1.54, 1.807) is 30.3 Å². The zero-order valence-electron chi connectivity index (χ0n) is 13.6. The average Bonchev–Trinajstić information content (AvgIpc) is 2.62. The summed E-state index contributed by atoms with van der Waals surface area (Å²) in [6.45, 7) is 4.16. The Bertz CT molecular complexity index is 903. The maximum atomic E-state index is 13.1. The van der Waals surface area contributed by atoms with Crippen LogP contribution in [0.1, 0.15) is 29.8 Å². The number of nitrogens with one attached hydrogen (secondary N) is 2. The number of fused-ring (bicyclic) bond motifs is 1. The van der Waals surface area contributed by atoms with Gasteiger partial charge in [0.1, 0.15) is 11.4 Å². The smallest absolute Gasteiger partial charge is 0.257 e. The van der Waals surface area contributed by atoms with E-state index in [-0.39, 0.29) is 23.4 Å². The summed E-state index contributed by atoms with van der Waals surface area (Å²) in [5.41, 5.74) is 1.01. The van der Waals surface area contributed by atoms with Crippen LogP contribution < -0.4 is 10.7 Å². The lowest BCUT2D eigenvalue weighted by Crippen LogP contribution is -2.28. The molecule has 0 aliphatic rings. The zero-order chi connectivity index (χ0) is 17.5. The molecule has 5 heteroatoms. The van der Waals surface area contributed by atoms with Crippen molar-refractivity contribution in [1.29, 1.82) is 0 Å². The van der Waals surface area contributed by atoms with E-state index in [2.05, 4.69) is 10.3 Å². The van der Waals surface area contributed by atoms with Crippen LogP contribution in [0.5, 0.6) is 0 Å². The normalized spacial score (nSPS) is 9.96. The van der Waals surface area contributed by atoms with Gasteiger partial charge in [0.2, 0.25) is 5.43 Å². The summed E-state index contributed by atoms with van der Waals surface area (Å²) in [5, 5.41) is 3.08. The van der Waals surface area contributed by atoms with Crippen LogP contribution in [-0.4, -0.2) is 10.9 Å². The summed E-state index contributed by atoms with van der Waals surface area (Å²) >= 11 is 0. The minimum Gasteiger partial charge on any atom is -0.360 e. The van der Waals surface area contributed by atoms with Crippen molar-refractivity contribution >= 4 is 16.8 Å². The lowest BCUT2D eigenvalue weighted by atomic mass is 10.1. The third-order valence-electron chi connectivity index (χ3n) is 3.38. The van der Waals surface area contributed by atoms with E-state index in [0.717, 1.165) is 0 Å². The highest BCUT2D eigenvalue weighted by molar-refractivity contribution is 5.97. The molecule has 0 unspecified atom stereocenters. The van der Waals surface area contributed by atoms with Crippen molar-refractivity contribution in [2.24, 2.45) is 0 Å². The largest absolute Gasteiger partial charge is 0.360 e. The van der Waals surface area contributed by atoms with Gasteiger partial charge in [-0.15, -0.1) is 0 Å². The highest BCUT2D eigenvalue weighted by Crippen LogP contribution is 2.07. The Morgan fingerprint density at radius 2 is 1.88 bits per heavy atom. The molecule has 0 radical (unpaired) electrons. The van der Waals surface area contributed by atoms with Crippen molar-refractivity contribution in [2.45, 2.75) is 20.4 Å². The summed E-state index contributed by atoms with van der Waals surface area (Å²) < 4.78 is 13.1. The molecule has 2 aromatic carbocycles. The number of hydrogen-bond donors (Lipinski definition) is 2. The highest BCUT2D eigenvalue weighted by atomic mass is 19.1. The fourth-order valence-corrected chi connectivity index (χ4v) is 2.26. The third-order valence-corrected chi connectivity index (χ3v) is 3.38. The van der Waals surface area contributed by atoms with E-state index >= 15 is 0 Å². The van der Waals surface area contributed by atoms with Gasteiger partial charge in [-0.2, -0.15) is 0 Å². The number of aromatic nitrogens is 1. The minimum atomic E-state index is -0.490. The Morgan fingerprint density at radius 1 is 1.12 bits per heavy atom. The Kier molecular flexibility index (Phi) is 5.84. The predicted molar refractivity (Wildman–Crippen MR) is 93.5 cm³/mol. The van der Waals surface area contributed by atoms with Crippen molar-refractivity contribution < 1.29 is 9.18 Å². The second-order valence-corrected chi connectivity index (χ2v) is 4.89. The molecule has 0 bridgehead atoms. The van der Waals surface area contributed by atoms with Crippen LogP contribution in [0.2, 0.25) is 0 Å². The molecule has 3 aromatic rings. The van der Waals surface area contributed by atoms with Crippen LogP contribution in [0, 0.1) is 5.82 Å². The first-order chi connectivity index (χ1) is 11.6. The second-order valence-electron chi connectivity index (χ2n) is 4.89. The van der Waals surface area contributed by atoms with Gasteiger partial charge in [0.15, 0.2) is 0 Å². The van der Waals surface area contributed by atoms with Gasteiger partial charge in [-0.05, 0) is 29.8 Å². The molecule has 0 aliphatic heterocycles. The molecule has 24 heavy (non-hydrogen) atoms. The first-order valence-electron chi connectivity index (χ1n) is 7.78. The van der Waals surface area contributed by atoms with Gasteiger partial charge >= 0.3 is 0 Å². The maximum Gasteiger partial charge on any atom is 0.257 e. The number of carbonyl (C=O) groups is 1. The SMILES string of the molecule is CC.O=C(NCc1cccc(F)c1)c1c[nH]c2ccccc2c1=O. The summed E-state index contributed by atoms with van der Waals surface area (Å²) in [6.07, 6.45) is 1.39. The molecule has 0 saturated heterocycles. The van der Waals surface area contributed by atoms with Crippen LogP contribution in [0.4, 0.5) is 4.39 Å². The van der Waals surface area contributed by atoms with Gasteiger partial charge in [-0.3, -0.25) is 9.59 Å². The molecule has 4 nitrogen and oxygen atoms in total. The molecule has 3 rings (SSSR count). The van der Waals surface area contributed by atoms with E-state index < -0.39 is 5.91 Å². The standard InChI is InChI=1S/C17H13FN2O2.C2H6/c18-12-5-3-4-11(8-12)9-20-17(22)14-10-19-15-7-2-1-6-13(15)16(14)21;1-2/h1-8,10H,9H2,(H,19,21)(H,20,22);1-2H3. The molecule has 0 spiro atoms. The van der Waals surface area contributed by atoms with Crippen molar-refractivity contribution in [3.8, 4) is 0 Å². The van der Waals surface area contributed by atoms with Crippen LogP contribution in [-0.2, 0) is 6.54 Å². The van der Waals surface area contributed by atoms with Crippen LogP contribution in [0.3, 0.4) is 0 Å². The lowest BCUT2D eigenvalue weighted by molar-refractivity contribution is 0.0949. The molecule has 1 aromatic heterocycles. The maximum absolute atomic E-state index is 13.1. The number of para-hydroxylation sites is 1. The zero-order valence-corrected chi connectivity index (χ0v) is 13.6. The van der Waals surface area contributed by atoms with E-state index in [1.165, 1.54) is 18.3 Å². The van der Waals surface area contributed by atoms with Crippen molar-refractivity contribution in [1.82, 2.24) is 10.3 Å². The van der Waals surface area contributed by atoms with Crippen LogP contribution in [0.15, 0.2) is 59.5 Å². The lowest BCUT2D eigenvalue weighted by Gasteiger charge is -2.06. The topological polar surface area (TPSA) is 62.0 Å². The Balaban J connectivity index is 0.00000100. The molecule has 0 atom stereocenters. The number of pyridine rings is 1. The van der Waals surface area contributed by atoms with Crippen molar-refractivity contribution in [3.05, 3.63) is 81.9 Å². The summed E-state index contributed by atoms with van der Waals surface area (Å²) in [7, 11) is 0. The average molecular weight is 326 g/mol. The number of carbonyl (C=O) groups excluding carboxylic acids is 1. The van der Waals surface area contributed by atoms with Crippen LogP contribution >= 0.6 is 0 Å². The summed E-state index contributed by atoms with van der Waals surface area (Å²) in [4.78, 5) is 27.4. The van der Waals surface area contributed by atoms with E-state index in [4.69, 9.17) is 0 Å². The Morgan fingerprint density at radius 3 is 2.62 bits per heavy atom. The molecule has 124 valence electrons. The number of halogens is 1. The quantitative estimate of drug-likeness (QED) is 0.772. The number of H-pyrrole nitrogens is 1. The van der Waals surface area contributed by atoms with Gasteiger partial charge in [0.05, 0.1) is 0 Å². The fourth-order valence-electron chi connectivity index (χ4n) is 2.26. The number of aromatic amines is 1. The first-order valence-corrected chi connectivity index (χ1v) is 7.78. The minimum absolute atomic E-state index is 0.0371. The third kappa shape index (κ3) is 3.87. The van der Waals surface area contributed by atoms with Crippen LogP contribution in [0.25, 0.3) is 10.9 Å². The Labute approximate surface area is 139 Å². The number of benzene rings is 2. The molecule has 0 saturated carbocycles. The van der Waals surface area contributed by atoms with Crippen molar-refractivity contribution in [2.75, 3.05) is 0 Å². The van der Waals surface area contributed by atoms with Gasteiger partial charge in [0.25, 0.3) is 5.91 Å². The van der Waals surface area contributed by atoms with E-state index in [0.29, 0.717) is 16.5 Å². The molecule has 1 amide bonds. The fraction of sp³-hybridized carbons (Fsp3) is 0.158. The van der Waals surface area contributed by atoms with Gasteiger partial charge in [0, 0.05) is 23.6 Å². The second kappa shape index (κ2) is 8.06. The van der Waals surface area contributed by atoms with E-state index in [9.17, 15) is 14.0 Å². The summed E-state index contributed by atoms with van der Waals surface area (Å²) in [5.74, 6) is -0.855. The number of rotatable bonds is 3. The predicted octanol–water partition coefficient (Wildman–Crippen LogP) is 3.62. The number of hydrogen-bond acceptors (Lipinski definition) is 2. The molecule has 0 aliphatic carbocycles. The summed E-state index contributed by atoms with van der Waals surface area (Å²) in [6, 6.07) is 12.9. The van der Waals surface area contributed by atoms with Gasteiger partial charge < -0.3 is 10.3 Å². The molecule has 1 heterocycles. The van der Waals surface area contributed by atoms with Crippen molar-refractivity contribution in [3.63, 3.8) is 0 Å². The first kappa shape index (κ1) is 17.4. The highest BCUT2D eigenvalue weighted by Gasteiger charge is 2.12.